The molecule has 0 aromatic heterocycles. The predicted octanol–water partition coefficient (Wildman–Crippen LogP) is 3.05. The lowest BCUT2D eigenvalue weighted by molar-refractivity contribution is -0.00348. The van der Waals surface area contributed by atoms with Gasteiger partial charge in [-0.2, -0.15) is 0 Å². The van der Waals surface area contributed by atoms with Gasteiger partial charge >= 0.3 is 0 Å². The number of rotatable bonds is 8. The van der Waals surface area contributed by atoms with Crippen LogP contribution in [0.25, 0.3) is 0 Å². The molecular weight excluding hydrogens is 248 g/mol. The van der Waals surface area contributed by atoms with Gasteiger partial charge in [0, 0.05) is 25.7 Å². The predicted molar refractivity (Wildman–Crippen MR) is 85.1 cm³/mol. The molecule has 1 aliphatic carbocycles. The lowest BCUT2D eigenvalue weighted by atomic mass is 9.97. The Morgan fingerprint density at radius 1 is 1.15 bits per heavy atom. The van der Waals surface area contributed by atoms with Gasteiger partial charge < -0.3 is 15.0 Å². The van der Waals surface area contributed by atoms with Crippen LogP contribution >= 0.6 is 0 Å². The van der Waals surface area contributed by atoms with E-state index in [1.54, 1.807) is 0 Å². The van der Waals surface area contributed by atoms with Crippen molar-refractivity contribution in [3.63, 3.8) is 0 Å². The molecule has 2 aliphatic rings. The van der Waals surface area contributed by atoms with Gasteiger partial charge in [-0.3, -0.25) is 0 Å². The van der Waals surface area contributed by atoms with Crippen molar-refractivity contribution in [3.8, 4) is 0 Å². The van der Waals surface area contributed by atoms with Crippen molar-refractivity contribution in [2.75, 3.05) is 33.3 Å². The Labute approximate surface area is 125 Å². The fourth-order valence-electron chi connectivity index (χ4n) is 3.78. The molecule has 0 radical (unpaired) electrons. The van der Waals surface area contributed by atoms with Crippen LogP contribution in [0.15, 0.2) is 0 Å². The van der Waals surface area contributed by atoms with Crippen LogP contribution in [0.1, 0.15) is 58.3 Å². The van der Waals surface area contributed by atoms with E-state index in [-0.39, 0.29) is 0 Å². The van der Waals surface area contributed by atoms with Crippen LogP contribution in [0.2, 0.25) is 0 Å². The van der Waals surface area contributed by atoms with E-state index in [4.69, 9.17) is 4.74 Å². The zero-order chi connectivity index (χ0) is 14.2. The molecule has 1 saturated heterocycles. The summed E-state index contributed by atoms with van der Waals surface area (Å²) in [7, 11) is 2.27. The third kappa shape index (κ3) is 5.34. The summed E-state index contributed by atoms with van der Waals surface area (Å²) < 4.78 is 5.87. The summed E-state index contributed by atoms with van der Waals surface area (Å²) in [6.45, 7) is 6.69. The molecule has 1 heterocycles. The number of ether oxygens (including phenoxy) is 1. The van der Waals surface area contributed by atoms with Crippen LogP contribution in [0.4, 0.5) is 0 Å². The van der Waals surface area contributed by atoms with E-state index in [2.05, 4.69) is 24.2 Å². The number of nitrogens with zero attached hydrogens (tertiary/aromatic N) is 1. The molecule has 2 rings (SSSR count). The molecule has 2 fully saturated rings. The van der Waals surface area contributed by atoms with Crippen LogP contribution in [0.3, 0.4) is 0 Å². The van der Waals surface area contributed by atoms with Gasteiger partial charge in [-0.1, -0.05) is 19.8 Å². The van der Waals surface area contributed by atoms with Crippen molar-refractivity contribution < 1.29 is 4.74 Å². The molecule has 118 valence electrons. The zero-order valence-corrected chi connectivity index (χ0v) is 13.6. The highest BCUT2D eigenvalue weighted by molar-refractivity contribution is 4.83. The second-order valence-corrected chi connectivity index (χ2v) is 6.81. The molecule has 3 heteroatoms. The van der Waals surface area contributed by atoms with Gasteiger partial charge in [0.25, 0.3) is 0 Å². The maximum Gasteiger partial charge on any atom is 0.0701 e. The van der Waals surface area contributed by atoms with E-state index in [0.29, 0.717) is 12.1 Å². The van der Waals surface area contributed by atoms with E-state index in [0.717, 1.165) is 25.6 Å². The first-order chi connectivity index (χ1) is 9.79. The minimum absolute atomic E-state index is 0.476. The topological polar surface area (TPSA) is 24.5 Å². The van der Waals surface area contributed by atoms with Gasteiger partial charge in [0.2, 0.25) is 0 Å². The maximum absolute atomic E-state index is 5.87. The second kappa shape index (κ2) is 9.01. The molecule has 1 N–H and O–H groups in total. The Bertz CT molecular complexity index is 247. The highest BCUT2D eigenvalue weighted by Gasteiger charge is 2.26. The summed E-state index contributed by atoms with van der Waals surface area (Å²) in [5.74, 6) is 0.899. The summed E-state index contributed by atoms with van der Waals surface area (Å²) in [4.78, 5) is 2.50. The van der Waals surface area contributed by atoms with Gasteiger partial charge in [0.05, 0.1) is 6.10 Å². The first kappa shape index (κ1) is 16.3. The summed E-state index contributed by atoms with van der Waals surface area (Å²) in [6.07, 6.45) is 11.3. The molecular formula is C17H34N2O. The third-order valence-electron chi connectivity index (χ3n) is 4.92. The normalized spacial score (nSPS) is 26.2. The summed E-state index contributed by atoms with van der Waals surface area (Å²) >= 11 is 0. The lowest BCUT2D eigenvalue weighted by Crippen LogP contribution is -2.46. The van der Waals surface area contributed by atoms with Crippen LogP contribution < -0.4 is 5.32 Å². The summed E-state index contributed by atoms with van der Waals surface area (Å²) in [5, 5.41) is 3.80. The Hall–Kier alpha value is -0.120. The van der Waals surface area contributed by atoms with Crippen molar-refractivity contribution in [1.29, 1.82) is 0 Å². The number of hydrogen-bond acceptors (Lipinski definition) is 3. The molecule has 0 amide bonds. The SMILES string of the molecule is CCCNC(CN(C)CC1CCCCO1)C1CCCC1. The minimum Gasteiger partial charge on any atom is -0.377 e. The average molecular weight is 282 g/mol. The van der Waals surface area contributed by atoms with Crippen LogP contribution in [-0.4, -0.2) is 50.3 Å². The van der Waals surface area contributed by atoms with Crippen LogP contribution in [-0.2, 0) is 4.74 Å². The molecule has 1 saturated carbocycles. The second-order valence-electron chi connectivity index (χ2n) is 6.81. The summed E-state index contributed by atoms with van der Waals surface area (Å²) in [5.41, 5.74) is 0. The Balaban J connectivity index is 1.75. The number of nitrogens with one attached hydrogen (secondary N) is 1. The minimum atomic E-state index is 0.476. The van der Waals surface area contributed by atoms with E-state index < -0.39 is 0 Å². The van der Waals surface area contributed by atoms with E-state index in [9.17, 15) is 0 Å². The molecule has 0 aromatic rings. The van der Waals surface area contributed by atoms with Crippen LogP contribution in [0.5, 0.6) is 0 Å². The van der Waals surface area contributed by atoms with E-state index in [1.165, 1.54) is 57.9 Å². The summed E-state index contributed by atoms with van der Waals surface area (Å²) in [6, 6.07) is 0.686. The van der Waals surface area contributed by atoms with Gasteiger partial charge in [0.1, 0.15) is 0 Å². The van der Waals surface area contributed by atoms with Crippen LogP contribution in [0, 0.1) is 5.92 Å². The fraction of sp³-hybridized carbons (Fsp3) is 1.00. The van der Waals surface area contributed by atoms with Crippen molar-refractivity contribution in [3.05, 3.63) is 0 Å². The molecule has 2 atom stereocenters. The Kier molecular flexibility index (Phi) is 7.32. The van der Waals surface area contributed by atoms with Crippen molar-refractivity contribution >= 4 is 0 Å². The molecule has 0 aromatic carbocycles. The van der Waals surface area contributed by atoms with E-state index in [1.807, 2.05) is 0 Å². The molecule has 0 spiro atoms. The quantitative estimate of drug-likeness (QED) is 0.740. The largest absolute Gasteiger partial charge is 0.377 e. The highest BCUT2D eigenvalue weighted by Crippen LogP contribution is 2.28. The third-order valence-corrected chi connectivity index (χ3v) is 4.92. The van der Waals surface area contributed by atoms with Crippen molar-refractivity contribution in [1.82, 2.24) is 10.2 Å². The highest BCUT2D eigenvalue weighted by atomic mass is 16.5. The fourth-order valence-corrected chi connectivity index (χ4v) is 3.78. The number of hydrogen-bond donors (Lipinski definition) is 1. The van der Waals surface area contributed by atoms with Crippen molar-refractivity contribution in [2.24, 2.45) is 5.92 Å². The maximum atomic E-state index is 5.87. The molecule has 20 heavy (non-hydrogen) atoms. The van der Waals surface area contributed by atoms with Gasteiger partial charge in [-0.05, 0) is 58.0 Å². The standard InChI is InChI=1S/C17H34N2O/c1-3-11-18-17(15-8-4-5-9-15)14-19(2)13-16-10-6-7-12-20-16/h15-18H,3-14H2,1-2H3. The van der Waals surface area contributed by atoms with Gasteiger partial charge in [-0.15, -0.1) is 0 Å². The smallest absolute Gasteiger partial charge is 0.0701 e. The molecule has 0 bridgehead atoms. The van der Waals surface area contributed by atoms with E-state index >= 15 is 0 Å². The number of likely N-dealkylation sites (N-methyl/N-ethyl adjacent to an activating group) is 1. The van der Waals surface area contributed by atoms with Crippen molar-refractivity contribution in [2.45, 2.75) is 70.4 Å². The average Bonchev–Trinajstić information content (AvgIpc) is 2.98. The monoisotopic (exact) mass is 282 g/mol. The zero-order valence-electron chi connectivity index (χ0n) is 13.6. The first-order valence-electron chi connectivity index (χ1n) is 8.83. The molecule has 3 nitrogen and oxygen atoms in total. The molecule has 2 unspecified atom stereocenters. The Morgan fingerprint density at radius 2 is 1.90 bits per heavy atom. The first-order valence-corrected chi connectivity index (χ1v) is 8.83. The van der Waals surface area contributed by atoms with Gasteiger partial charge in [-0.25, -0.2) is 0 Å². The molecule has 1 aliphatic heterocycles. The lowest BCUT2D eigenvalue weighted by Gasteiger charge is -2.32. The van der Waals surface area contributed by atoms with Gasteiger partial charge in [0.15, 0.2) is 0 Å². The Morgan fingerprint density at radius 3 is 2.55 bits per heavy atom.